The number of para-hydroxylation sites is 2. The van der Waals surface area contributed by atoms with Crippen molar-refractivity contribution in [3.05, 3.63) is 83.9 Å². The van der Waals surface area contributed by atoms with Crippen LogP contribution < -0.4 is 4.90 Å². The zero-order chi connectivity index (χ0) is 25.5. The molecule has 1 saturated heterocycles. The van der Waals surface area contributed by atoms with Crippen LogP contribution in [0.25, 0.3) is 22.6 Å². The van der Waals surface area contributed by atoms with Crippen LogP contribution in [0.1, 0.15) is 48.0 Å². The van der Waals surface area contributed by atoms with Gasteiger partial charge in [-0.2, -0.15) is 0 Å². The van der Waals surface area contributed by atoms with E-state index in [1.807, 2.05) is 49.4 Å². The van der Waals surface area contributed by atoms with E-state index in [9.17, 15) is 14.4 Å². The Balaban J connectivity index is 1.28. The summed E-state index contributed by atoms with van der Waals surface area (Å²) in [5.74, 6) is -0.368. The molecule has 186 valence electrons. The van der Waals surface area contributed by atoms with Crippen LogP contribution in [0.3, 0.4) is 0 Å². The van der Waals surface area contributed by atoms with Gasteiger partial charge in [0.25, 0.3) is 11.8 Å². The van der Waals surface area contributed by atoms with Crippen molar-refractivity contribution in [3.8, 4) is 11.5 Å². The van der Waals surface area contributed by atoms with Crippen LogP contribution >= 0.6 is 0 Å². The molecule has 1 unspecified atom stereocenters. The minimum absolute atomic E-state index is 0.0141. The number of oxazole rings is 1. The van der Waals surface area contributed by atoms with Crippen LogP contribution in [-0.4, -0.2) is 39.7 Å². The monoisotopic (exact) mass is 493 g/mol. The minimum atomic E-state index is -0.805. The summed E-state index contributed by atoms with van der Waals surface area (Å²) in [6, 6.07) is 21.1. The number of carbonyl (C=O) groups is 3. The van der Waals surface area contributed by atoms with Crippen LogP contribution in [0.2, 0.25) is 0 Å². The predicted molar refractivity (Wildman–Crippen MR) is 140 cm³/mol. The number of nitrogens with zero attached hydrogens (tertiary/aromatic N) is 3. The molecule has 1 atom stereocenters. The summed E-state index contributed by atoms with van der Waals surface area (Å²) in [4.78, 5) is 47.9. The van der Waals surface area contributed by atoms with Gasteiger partial charge in [-0.1, -0.05) is 42.7 Å². The Hall–Kier alpha value is -4.26. The highest BCUT2D eigenvalue weighted by Crippen LogP contribution is 2.34. The fourth-order valence-corrected chi connectivity index (χ4v) is 5.52. The van der Waals surface area contributed by atoms with Gasteiger partial charge in [0.15, 0.2) is 5.58 Å². The summed E-state index contributed by atoms with van der Waals surface area (Å²) in [6.07, 6.45) is 3.69. The molecule has 2 aliphatic rings. The number of carbonyl (C=O) groups excluding carboxylic acids is 3. The molecule has 2 fully saturated rings. The third kappa shape index (κ3) is 4.20. The molecule has 1 saturated carbocycles. The SMILES string of the molecule is Cc1cccc(C(=O)N(C2CCCC2)C2CC(=O)N(c3ccc(-c4nc5ccccc5o4)cc3)C2=O)c1. The van der Waals surface area contributed by atoms with Gasteiger partial charge in [-0.05, 0) is 68.3 Å². The van der Waals surface area contributed by atoms with Gasteiger partial charge in [-0.3, -0.25) is 14.4 Å². The number of benzene rings is 3. The second-order valence-electron chi connectivity index (χ2n) is 9.84. The average Bonchev–Trinajstić information content (AvgIpc) is 3.64. The van der Waals surface area contributed by atoms with Gasteiger partial charge in [0.2, 0.25) is 11.8 Å². The van der Waals surface area contributed by atoms with Crippen LogP contribution in [0.4, 0.5) is 5.69 Å². The van der Waals surface area contributed by atoms with Gasteiger partial charge < -0.3 is 9.32 Å². The van der Waals surface area contributed by atoms with Crippen molar-refractivity contribution in [3.63, 3.8) is 0 Å². The van der Waals surface area contributed by atoms with E-state index >= 15 is 0 Å². The van der Waals surface area contributed by atoms with Crippen molar-refractivity contribution >= 4 is 34.5 Å². The van der Waals surface area contributed by atoms with Crippen LogP contribution in [0.5, 0.6) is 0 Å². The molecule has 7 heteroatoms. The van der Waals surface area contributed by atoms with E-state index in [1.54, 1.807) is 35.2 Å². The van der Waals surface area contributed by atoms with Crippen molar-refractivity contribution in [2.24, 2.45) is 0 Å². The van der Waals surface area contributed by atoms with E-state index in [4.69, 9.17) is 4.42 Å². The molecule has 1 aromatic heterocycles. The summed E-state index contributed by atoms with van der Waals surface area (Å²) < 4.78 is 5.84. The predicted octanol–water partition coefficient (Wildman–Crippen LogP) is 5.52. The number of aromatic nitrogens is 1. The standard InChI is InChI=1S/C30H27N3O4/c1-19-7-6-8-21(17-19)29(35)32(22-9-2-3-10-22)25-18-27(34)33(30(25)36)23-15-13-20(14-16-23)28-31-24-11-4-5-12-26(24)37-28/h4-8,11-17,22,25H,2-3,9-10,18H2,1H3. The molecule has 0 bridgehead atoms. The molecule has 1 aliphatic heterocycles. The summed E-state index contributed by atoms with van der Waals surface area (Å²) in [6.45, 7) is 1.94. The number of hydrogen-bond acceptors (Lipinski definition) is 5. The molecule has 0 radical (unpaired) electrons. The third-order valence-corrected chi connectivity index (χ3v) is 7.34. The number of fused-ring (bicyclic) bond motifs is 1. The molecule has 2 heterocycles. The van der Waals surface area contributed by atoms with E-state index in [2.05, 4.69) is 4.98 Å². The van der Waals surface area contributed by atoms with Gasteiger partial charge in [-0.15, -0.1) is 0 Å². The Morgan fingerprint density at radius 1 is 0.973 bits per heavy atom. The van der Waals surface area contributed by atoms with Crippen molar-refractivity contribution < 1.29 is 18.8 Å². The number of rotatable bonds is 5. The Morgan fingerprint density at radius 3 is 2.46 bits per heavy atom. The molecule has 3 aromatic carbocycles. The summed E-state index contributed by atoms with van der Waals surface area (Å²) in [7, 11) is 0. The second-order valence-corrected chi connectivity index (χ2v) is 9.84. The Kier molecular flexibility index (Phi) is 5.83. The lowest BCUT2D eigenvalue weighted by molar-refractivity contribution is -0.123. The number of anilines is 1. The second kappa shape index (κ2) is 9.32. The number of amides is 3. The van der Waals surface area contributed by atoms with Crippen molar-refractivity contribution in [2.45, 2.75) is 51.1 Å². The lowest BCUT2D eigenvalue weighted by atomic mass is 10.0. The zero-order valence-corrected chi connectivity index (χ0v) is 20.6. The molecular formula is C30H27N3O4. The van der Waals surface area contributed by atoms with Crippen LogP contribution in [-0.2, 0) is 9.59 Å². The lowest BCUT2D eigenvalue weighted by Crippen LogP contribution is -2.50. The van der Waals surface area contributed by atoms with Gasteiger partial charge in [0.1, 0.15) is 11.6 Å². The quantitative estimate of drug-likeness (QED) is 0.342. The largest absolute Gasteiger partial charge is 0.436 e. The molecule has 0 spiro atoms. The van der Waals surface area contributed by atoms with E-state index in [1.165, 1.54) is 4.90 Å². The van der Waals surface area contributed by atoms with E-state index in [0.717, 1.165) is 42.3 Å². The van der Waals surface area contributed by atoms with Crippen molar-refractivity contribution in [2.75, 3.05) is 4.90 Å². The maximum atomic E-state index is 13.7. The average molecular weight is 494 g/mol. The van der Waals surface area contributed by atoms with Gasteiger partial charge in [-0.25, -0.2) is 9.88 Å². The first-order valence-electron chi connectivity index (χ1n) is 12.7. The zero-order valence-electron chi connectivity index (χ0n) is 20.6. The molecule has 6 rings (SSSR count). The molecule has 3 amide bonds. The molecule has 37 heavy (non-hydrogen) atoms. The maximum absolute atomic E-state index is 13.7. The number of hydrogen-bond donors (Lipinski definition) is 0. The molecule has 7 nitrogen and oxygen atoms in total. The van der Waals surface area contributed by atoms with Crippen molar-refractivity contribution in [1.82, 2.24) is 9.88 Å². The molecule has 4 aromatic rings. The van der Waals surface area contributed by atoms with E-state index in [-0.39, 0.29) is 30.2 Å². The molecular weight excluding hydrogens is 466 g/mol. The first-order valence-corrected chi connectivity index (χ1v) is 12.7. The van der Waals surface area contributed by atoms with Crippen molar-refractivity contribution in [1.29, 1.82) is 0 Å². The Bertz CT molecular complexity index is 1470. The maximum Gasteiger partial charge on any atom is 0.257 e. The normalized spacial score (nSPS) is 18.2. The third-order valence-electron chi connectivity index (χ3n) is 7.34. The summed E-state index contributed by atoms with van der Waals surface area (Å²) in [5, 5.41) is 0. The van der Waals surface area contributed by atoms with Gasteiger partial charge in [0, 0.05) is 17.2 Å². The van der Waals surface area contributed by atoms with Crippen LogP contribution in [0, 0.1) is 6.92 Å². The number of imide groups is 1. The van der Waals surface area contributed by atoms with E-state index < -0.39 is 6.04 Å². The topological polar surface area (TPSA) is 83.7 Å². The van der Waals surface area contributed by atoms with Crippen LogP contribution in [0.15, 0.2) is 77.2 Å². The highest BCUT2D eigenvalue weighted by Gasteiger charge is 2.47. The first-order chi connectivity index (χ1) is 18.0. The Labute approximate surface area is 214 Å². The fraction of sp³-hybridized carbons (Fsp3) is 0.267. The molecule has 1 aliphatic carbocycles. The number of aryl methyl sites for hydroxylation is 1. The minimum Gasteiger partial charge on any atom is -0.436 e. The van der Waals surface area contributed by atoms with E-state index in [0.29, 0.717) is 22.7 Å². The summed E-state index contributed by atoms with van der Waals surface area (Å²) in [5.41, 5.74) is 4.21. The van der Waals surface area contributed by atoms with Gasteiger partial charge in [0.05, 0.1) is 12.1 Å². The van der Waals surface area contributed by atoms with Gasteiger partial charge >= 0.3 is 0 Å². The first kappa shape index (κ1) is 23.2. The summed E-state index contributed by atoms with van der Waals surface area (Å²) >= 11 is 0. The highest BCUT2D eigenvalue weighted by molar-refractivity contribution is 6.23. The Morgan fingerprint density at radius 2 is 1.73 bits per heavy atom. The smallest absolute Gasteiger partial charge is 0.257 e. The molecule has 0 N–H and O–H groups in total. The highest BCUT2D eigenvalue weighted by atomic mass is 16.3. The lowest BCUT2D eigenvalue weighted by Gasteiger charge is -2.33. The fourth-order valence-electron chi connectivity index (χ4n) is 5.52.